The first-order valence-electron chi connectivity index (χ1n) is 8.41. The Morgan fingerprint density at radius 1 is 1.15 bits per heavy atom. The van der Waals surface area contributed by atoms with Crippen LogP contribution in [0.2, 0.25) is 0 Å². The molecule has 0 radical (unpaired) electrons. The van der Waals surface area contributed by atoms with E-state index in [1.807, 2.05) is 65.4 Å². The number of hydrogen-bond acceptors (Lipinski definition) is 3. The second-order valence-electron chi connectivity index (χ2n) is 5.82. The second kappa shape index (κ2) is 8.20. The Labute approximate surface area is 152 Å². The fourth-order valence-electron chi connectivity index (χ4n) is 2.82. The molecule has 0 spiro atoms. The number of hydrogen-bond donors (Lipinski definition) is 2. The van der Waals surface area contributed by atoms with Crippen LogP contribution in [0.15, 0.2) is 67.0 Å². The zero-order valence-electron chi connectivity index (χ0n) is 14.8. The van der Waals surface area contributed by atoms with Crippen molar-refractivity contribution in [1.82, 2.24) is 20.2 Å². The Kier molecular flexibility index (Phi) is 5.53. The van der Waals surface area contributed by atoms with Crippen LogP contribution in [0.25, 0.3) is 5.69 Å². The fourth-order valence-corrected chi connectivity index (χ4v) is 2.82. The molecule has 1 aromatic heterocycles. The van der Waals surface area contributed by atoms with E-state index in [1.165, 1.54) is 0 Å². The molecule has 1 unspecified atom stereocenters. The van der Waals surface area contributed by atoms with E-state index in [0.29, 0.717) is 6.42 Å². The van der Waals surface area contributed by atoms with Crippen molar-refractivity contribution in [3.05, 3.63) is 78.4 Å². The van der Waals surface area contributed by atoms with Crippen molar-refractivity contribution in [1.29, 1.82) is 0 Å². The molecule has 3 aromatic rings. The predicted molar refractivity (Wildman–Crippen MR) is 101 cm³/mol. The number of benzene rings is 2. The number of nitrogens with one attached hydrogen (secondary N) is 2. The highest BCUT2D eigenvalue weighted by Gasteiger charge is 2.20. The summed E-state index contributed by atoms with van der Waals surface area (Å²) in [6.07, 6.45) is 4.27. The summed E-state index contributed by atoms with van der Waals surface area (Å²) in [5.41, 5.74) is 2.08. The van der Waals surface area contributed by atoms with Gasteiger partial charge in [-0.2, -0.15) is 0 Å². The molecular formula is C20H22N4O2. The third kappa shape index (κ3) is 4.03. The average molecular weight is 350 g/mol. The summed E-state index contributed by atoms with van der Waals surface area (Å²) in [4.78, 5) is 16.5. The number of nitrogens with zero attached hydrogens (tertiary/aromatic N) is 2. The van der Waals surface area contributed by atoms with Crippen LogP contribution in [-0.4, -0.2) is 29.7 Å². The van der Waals surface area contributed by atoms with Crippen molar-refractivity contribution in [2.75, 3.05) is 14.2 Å². The predicted octanol–water partition coefficient (Wildman–Crippen LogP) is 3.09. The summed E-state index contributed by atoms with van der Waals surface area (Å²) in [7, 11) is 3.24. The van der Waals surface area contributed by atoms with Crippen molar-refractivity contribution in [3.8, 4) is 11.4 Å². The van der Waals surface area contributed by atoms with Crippen LogP contribution in [-0.2, 0) is 6.42 Å². The summed E-state index contributed by atoms with van der Waals surface area (Å²) in [6, 6.07) is 17.2. The van der Waals surface area contributed by atoms with Gasteiger partial charge in [0.25, 0.3) is 0 Å². The summed E-state index contributed by atoms with van der Waals surface area (Å²) in [5, 5.41) is 5.61. The Bertz CT molecular complexity index is 844. The van der Waals surface area contributed by atoms with Gasteiger partial charge in [0.1, 0.15) is 11.6 Å². The molecule has 3 rings (SSSR count). The number of carbonyl (C=O) groups excluding carboxylic acids is 1. The minimum Gasteiger partial charge on any atom is -0.497 e. The van der Waals surface area contributed by atoms with Gasteiger partial charge in [-0.3, -0.25) is 0 Å². The van der Waals surface area contributed by atoms with Gasteiger partial charge in [-0.25, -0.2) is 9.78 Å². The van der Waals surface area contributed by atoms with Gasteiger partial charge in [-0.15, -0.1) is 0 Å². The summed E-state index contributed by atoms with van der Waals surface area (Å²) >= 11 is 0. The zero-order valence-corrected chi connectivity index (χ0v) is 14.8. The third-order valence-corrected chi connectivity index (χ3v) is 4.15. The van der Waals surface area contributed by atoms with Crippen molar-refractivity contribution in [2.24, 2.45) is 0 Å². The molecule has 0 aliphatic carbocycles. The molecule has 0 aliphatic heterocycles. The first kappa shape index (κ1) is 17.5. The topological polar surface area (TPSA) is 68.2 Å². The molecule has 6 heteroatoms. The highest BCUT2D eigenvalue weighted by atomic mass is 16.5. The molecule has 0 saturated carbocycles. The highest BCUT2D eigenvalue weighted by Crippen LogP contribution is 2.22. The lowest BCUT2D eigenvalue weighted by Crippen LogP contribution is -2.37. The number of amides is 2. The van der Waals surface area contributed by atoms with E-state index in [0.717, 1.165) is 22.8 Å². The molecule has 2 aromatic carbocycles. The Morgan fingerprint density at radius 3 is 2.54 bits per heavy atom. The van der Waals surface area contributed by atoms with Gasteiger partial charge in [0.2, 0.25) is 0 Å². The minimum absolute atomic E-state index is 0.241. The number of methoxy groups -OCH3 is 1. The molecule has 0 aliphatic rings. The van der Waals surface area contributed by atoms with Crippen molar-refractivity contribution < 1.29 is 9.53 Å². The largest absolute Gasteiger partial charge is 0.497 e. The van der Waals surface area contributed by atoms with E-state index >= 15 is 0 Å². The number of urea groups is 1. The van der Waals surface area contributed by atoms with Crippen molar-refractivity contribution >= 4 is 6.03 Å². The van der Waals surface area contributed by atoms with Gasteiger partial charge >= 0.3 is 6.03 Å². The van der Waals surface area contributed by atoms with Crippen LogP contribution in [0.3, 0.4) is 0 Å². The average Bonchev–Trinajstić information content (AvgIpc) is 3.18. The molecule has 1 atom stereocenters. The monoisotopic (exact) mass is 350 g/mol. The third-order valence-electron chi connectivity index (χ3n) is 4.15. The Morgan fingerprint density at radius 2 is 1.88 bits per heavy atom. The molecule has 0 fully saturated rings. The lowest BCUT2D eigenvalue weighted by atomic mass is 10.1. The smallest absolute Gasteiger partial charge is 0.315 e. The van der Waals surface area contributed by atoms with Crippen LogP contribution >= 0.6 is 0 Å². The van der Waals surface area contributed by atoms with Crippen molar-refractivity contribution in [3.63, 3.8) is 0 Å². The van der Waals surface area contributed by atoms with Crippen LogP contribution in [0.1, 0.15) is 17.4 Å². The van der Waals surface area contributed by atoms with Crippen LogP contribution in [0, 0.1) is 0 Å². The Hall–Kier alpha value is -3.28. The van der Waals surface area contributed by atoms with Gasteiger partial charge in [-0.1, -0.05) is 30.3 Å². The molecule has 1 heterocycles. The lowest BCUT2D eigenvalue weighted by molar-refractivity contribution is 0.238. The number of rotatable bonds is 6. The molecule has 134 valence electrons. The maximum Gasteiger partial charge on any atom is 0.315 e. The number of aromatic nitrogens is 2. The van der Waals surface area contributed by atoms with Gasteiger partial charge in [0, 0.05) is 25.1 Å². The number of imidazole rings is 1. The van der Waals surface area contributed by atoms with Crippen molar-refractivity contribution in [2.45, 2.75) is 12.5 Å². The van der Waals surface area contributed by atoms with Crippen LogP contribution < -0.4 is 15.4 Å². The van der Waals surface area contributed by atoms with Crippen LogP contribution in [0.5, 0.6) is 5.75 Å². The summed E-state index contributed by atoms with van der Waals surface area (Å²) in [6.45, 7) is 0. The SMILES string of the molecule is CNC(=O)NC(Cc1ccccc1)c1nccn1-c1ccc(OC)cc1. The van der Waals surface area contributed by atoms with E-state index in [9.17, 15) is 4.79 Å². The lowest BCUT2D eigenvalue weighted by Gasteiger charge is -2.20. The van der Waals surface area contributed by atoms with E-state index < -0.39 is 0 Å². The van der Waals surface area contributed by atoms with E-state index in [4.69, 9.17) is 4.74 Å². The molecule has 0 bridgehead atoms. The standard InChI is InChI=1S/C20H22N4O2/c1-21-20(25)23-18(14-15-6-4-3-5-7-15)19-22-12-13-24(19)16-8-10-17(26-2)11-9-16/h3-13,18H,14H2,1-2H3,(H2,21,23,25). The van der Waals surface area contributed by atoms with Gasteiger partial charge in [-0.05, 0) is 36.2 Å². The first-order valence-corrected chi connectivity index (χ1v) is 8.41. The van der Waals surface area contributed by atoms with E-state index in [-0.39, 0.29) is 12.1 Å². The molecular weight excluding hydrogens is 328 g/mol. The minimum atomic E-state index is -0.269. The maximum absolute atomic E-state index is 12.0. The van der Waals surface area contributed by atoms with E-state index in [2.05, 4.69) is 15.6 Å². The summed E-state index contributed by atoms with van der Waals surface area (Å²) in [5.74, 6) is 1.56. The summed E-state index contributed by atoms with van der Waals surface area (Å²) < 4.78 is 7.20. The van der Waals surface area contributed by atoms with Gasteiger partial charge in [0.15, 0.2) is 0 Å². The number of ether oxygens (including phenoxy) is 1. The normalized spacial score (nSPS) is 11.6. The molecule has 2 amide bonds. The fraction of sp³-hybridized carbons (Fsp3) is 0.200. The van der Waals surface area contributed by atoms with Gasteiger partial charge < -0.3 is 19.9 Å². The van der Waals surface area contributed by atoms with E-state index in [1.54, 1.807) is 20.4 Å². The first-order chi connectivity index (χ1) is 12.7. The van der Waals surface area contributed by atoms with Crippen LogP contribution in [0.4, 0.5) is 4.79 Å². The second-order valence-corrected chi connectivity index (χ2v) is 5.82. The molecule has 2 N–H and O–H groups in total. The molecule has 26 heavy (non-hydrogen) atoms. The quantitative estimate of drug-likeness (QED) is 0.718. The zero-order chi connectivity index (χ0) is 18.4. The number of carbonyl (C=O) groups is 1. The molecule has 0 saturated heterocycles. The van der Waals surface area contributed by atoms with Gasteiger partial charge in [0.05, 0.1) is 13.2 Å². The molecule has 6 nitrogen and oxygen atoms in total. The highest BCUT2D eigenvalue weighted by molar-refractivity contribution is 5.74. The Balaban J connectivity index is 1.93. The maximum atomic E-state index is 12.0.